The van der Waals surface area contributed by atoms with Crippen LogP contribution in [-0.2, 0) is 0 Å². The highest BCUT2D eigenvalue weighted by Crippen LogP contribution is 2.14. The third-order valence-corrected chi connectivity index (χ3v) is 9.60. The highest BCUT2D eigenvalue weighted by atomic mass is 32.1. The summed E-state index contributed by atoms with van der Waals surface area (Å²) in [6, 6.07) is 41.4. The molecule has 14 heteroatoms. The van der Waals surface area contributed by atoms with Gasteiger partial charge in [0.25, 0.3) is 11.8 Å². The number of hydrogen-bond donors (Lipinski definition) is 2. The Labute approximate surface area is 317 Å². The van der Waals surface area contributed by atoms with Crippen molar-refractivity contribution >= 4 is 58.3 Å². The fraction of sp³-hybridized carbons (Fsp3) is 0.0500. The third-order valence-electron chi connectivity index (χ3n) is 7.81. The predicted octanol–water partition coefficient (Wildman–Crippen LogP) is 7.17. The summed E-state index contributed by atoms with van der Waals surface area (Å²) in [5, 5.41) is 33.1. The lowest BCUT2D eigenvalue weighted by Gasteiger charge is -2.02. The van der Waals surface area contributed by atoms with E-state index in [4.69, 9.17) is 0 Å². The molecule has 5 aromatic carbocycles. The SMILES string of the molecule is Cc1ccc(-n2nc(C(=O)Nc3ccccc3)s/c2=N\N=C\c2ccccc2/C=N/N=c2/sc(C(=O)Nc3ccccc3)nn2-c2ccc(C)cc2)cc1. The van der Waals surface area contributed by atoms with Crippen LogP contribution in [0, 0.1) is 13.8 Å². The van der Waals surface area contributed by atoms with Crippen molar-refractivity contribution in [2.75, 3.05) is 10.6 Å². The lowest BCUT2D eigenvalue weighted by Crippen LogP contribution is -2.15. The van der Waals surface area contributed by atoms with Gasteiger partial charge in [-0.05, 0) is 62.4 Å². The molecule has 2 heterocycles. The van der Waals surface area contributed by atoms with Gasteiger partial charge in [-0.1, -0.05) is 119 Å². The molecule has 0 aliphatic rings. The van der Waals surface area contributed by atoms with Crippen molar-refractivity contribution in [3.8, 4) is 11.4 Å². The third kappa shape index (κ3) is 8.75. The van der Waals surface area contributed by atoms with Crippen LogP contribution in [0.5, 0.6) is 0 Å². The van der Waals surface area contributed by atoms with E-state index in [0.29, 0.717) is 21.0 Å². The summed E-state index contributed by atoms with van der Waals surface area (Å²) >= 11 is 2.25. The van der Waals surface area contributed by atoms with Gasteiger partial charge in [0.1, 0.15) is 0 Å². The van der Waals surface area contributed by atoms with Gasteiger partial charge in [-0.25, -0.2) is 9.36 Å². The molecular weight excluding hydrogens is 717 g/mol. The van der Waals surface area contributed by atoms with Crippen LogP contribution in [0.1, 0.15) is 41.9 Å². The van der Waals surface area contributed by atoms with Crippen LogP contribution in [0.3, 0.4) is 0 Å². The van der Waals surface area contributed by atoms with E-state index in [1.54, 1.807) is 21.8 Å². The molecule has 2 N–H and O–H groups in total. The molecule has 0 saturated carbocycles. The van der Waals surface area contributed by atoms with Crippen molar-refractivity contribution in [2.24, 2.45) is 20.4 Å². The monoisotopic (exact) mass is 748 g/mol. The van der Waals surface area contributed by atoms with Gasteiger partial charge in [-0.3, -0.25) is 9.59 Å². The Kier molecular flexibility index (Phi) is 10.9. The standard InChI is InChI=1S/C40H32N10O2S2/c1-27-17-21-33(22-18-27)49-39(53-37(47-49)35(51)43-31-13-5-3-6-14-31)45-41-25-29-11-9-10-12-30(29)26-42-46-40-50(34-23-19-28(2)20-24-34)48-38(54-40)36(52)44-32-15-7-4-8-16-32/h3-26H,1-2H3,(H,43,51)(H,44,52)/b41-25+,42-26+,45-39-,46-40+. The van der Waals surface area contributed by atoms with E-state index in [1.165, 1.54) is 0 Å². The Morgan fingerprint density at radius 3 is 1.30 bits per heavy atom. The number of aromatic nitrogens is 4. The van der Waals surface area contributed by atoms with Crippen molar-refractivity contribution < 1.29 is 9.59 Å². The molecule has 7 aromatic rings. The van der Waals surface area contributed by atoms with Crippen molar-refractivity contribution in [3.05, 3.63) is 175 Å². The molecule has 12 nitrogen and oxygen atoms in total. The van der Waals surface area contributed by atoms with Crippen molar-refractivity contribution in [1.82, 2.24) is 19.6 Å². The normalized spacial score (nSPS) is 12.1. The van der Waals surface area contributed by atoms with E-state index in [0.717, 1.165) is 56.3 Å². The number of benzene rings is 5. The maximum absolute atomic E-state index is 13.1. The maximum atomic E-state index is 13.1. The number of nitrogens with one attached hydrogen (secondary N) is 2. The summed E-state index contributed by atoms with van der Waals surface area (Å²) in [7, 11) is 0. The molecule has 7 rings (SSSR count). The summed E-state index contributed by atoms with van der Waals surface area (Å²) in [4.78, 5) is 27.1. The van der Waals surface area contributed by atoms with Gasteiger partial charge in [-0.15, -0.1) is 20.4 Å². The van der Waals surface area contributed by atoms with Gasteiger partial charge in [0.15, 0.2) is 0 Å². The Balaban J connectivity index is 1.18. The number of anilines is 2. The lowest BCUT2D eigenvalue weighted by atomic mass is 10.1. The Morgan fingerprint density at radius 2 is 0.907 bits per heavy atom. The zero-order valence-corrected chi connectivity index (χ0v) is 30.7. The first-order chi connectivity index (χ1) is 26.4. The van der Waals surface area contributed by atoms with Crippen LogP contribution in [0.15, 0.2) is 154 Å². The molecule has 0 bridgehead atoms. The summed E-state index contributed by atoms with van der Waals surface area (Å²) in [6.45, 7) is 4.00. The van der Waals surface area contributed by atoms with Gasteiger partial charge in [-0.2, -0.15) is 10.2 Å². The van der Waals surface area contributed by atoms with E-state index in [9.17, 15) is 9.59 Å². The molecule has 0 saturated heterocycles. The van der Waals surface area contributed by atoms with Gasteiger partial charge in [0.2, 0.25) is 19.6 Å². The Hall–Kier alpha value is -6.90. The summed E-state index contributed by atoms with van der Waals surface area (Å²) < 4.78 is 3.20. The number of aryl methyl sites for hydroxylation is 2. The number of carbonyl (C=O) groups excluding carboxylic acids is 2. The number of amides is 2. The fourth-order valence-corrected chi connectivity index (χ4v) is 6.54. The highest BCUT2D eigenvalue weighted by Gasteiger charge is 2.16. The molecule has 0 radical (unpaired) electrons. The zero-order valence-electron chi connectivity index (χ0n) is 29.1. The quantitative estimate of drug-likeness (QED) is 0.113. The summed E-state index contributed by atoms with van der Waals surface area (Å²) in [5.74, 6) is -0.701. The van der Waals surface area contributed by atoms with Crippen molar-refractivity contribution in [3.63, 3.8) is 0 Å². The van der Waals surface area contributed by atoms with E-state index < -0.39 is 0 Å². The summed E-state index contributed by atoms with van der Waals surface area (Å²) in [5.41, 5.74) is 6.45. The minimum atomic E-state index is -0.351. The topological polar surface area (TPSA) is 143 Å². The molecular formula is C40H32N10O2S2. The van der Waals surface area contributed by atoms with Crippen LogP contribution in [-0.4, -0.2) is 43.8 Å². The average Bonchev–Trinajstić information content (AvgIpc) is 3.82. The smallest absolute Gasteiger partial charge is 0.286 e. The first-order valence-electron chi connectivity index (χ1n) is 16.7. The van der Waals surface area contributed by atoms with Gasteiger partial charge >= 0.3 is 0 Å². The number of nitrogens with zero attached hydrogens (tertiary/aromatic N) is 8. The maximum Gasteiger partial charge on any atom is 0.286 e. The minimum Gasteiger partial charge on any atom is -0.320 e. The molecule has 0 spiro atoms. The molecule has 0 aliphatic heterocycles. The largest absolute Gasteiger partial charge is 0.320 e. The minimum absolute atomic E-state index is 0.231. The molecule has 0 fully saturated rings. The number of para-hydroxylation sites is 2. The second kappa shape index (κ2) is 16.6. The number of rotatable bonds is 10. The Bertz CT molecular complexity index is 2420. The van der Waals surface area contributed by atoms with Gasteiger partial charge < -0.3 is 10.6 Å². The lowest BCUT2D eigenvalue weighted by molar-refractivity contribution is 0.101. The van der Waals surface area contributed by atoms with Gasteiger partial charge in [0, 0.05) is 22.5 Å². The molecule has 266 valence electrons. The molecule has 0 unspecified atom stereocenters. The first kappa shape index (κ1) is 35.5. The van der Waals surface area contributed by atoms with E-state index in [1.807, 2.05) is 147 Å². The van der Waals surface area contributed by atoms with Crippen LogP contribution in [0.25, 0.3) is 11.4 Å². The molecule has 2 aromatic heterocycles. The van der Waals surface area contributed by atoms with E-state index >= 15 is 0 Å². The highest BCUT2D eigenvalue weighted by molar-refractivity contribution is 7.11. The van der Waals surface area contributed by atoms with E-state index in [2.05, 4.69) is 41.2 Å². The summed E-state index contributed by atoms with van der Waals surface area (Å²) in [6.07, 6.45) is 3.21. The van der Waals surface area contributed by atoms with Crippen LogP contribution < -0.4 is 20.2 Å². The number of hydrogen-bond acceptors (Lipinski definition) is 10. The predicted molar refractivity (Wildman–Crippen MR) is 214 cm³/mol. The Morgan fingerprint density at radius 1 is 0.537 bits per heavy atom. The molecule has 0 atom stereocenters. The van der Waals surface area contributed by atoms with Crippen molar-refractivity contribution in [2.45, 2.75) is 13.8 Å². The fourth-order valence-electron chi connectivity index (χ4n) is 5.02. The van der Waals surface area contributed by atoms with Crippen LogP contribution in [0.4, 0.5) is 11.4 Å². The second-order valence-electron chi connectivity index (χ2n) is 11.8. The van der Waals surface area contributed by atoms with Gasteiger partial charge in [0.05, 0.1) is 23.8 Å². The zero-order chi connectivity index (χ0) is 37.3. The van der Waals surface area contributed by atoms with Crippen LogP contribution >= 0.6 is 22.7 Å². The van der Waals surface area contributed by atoms with Crippen molar-refractivity contribution in [1.29, 1.82) is 0 Å². The van der Waals surface area contributed by atoms with Crippen LogP contribution in [0.2, 0.25) is 0 Å². The molecule has 0 aliphatic carbocycles. The number of carbonyl (C=O) groups is 2. The molecule has 54 heavy (non-hydrogen) atoms. The first-order valence-corrected chi connectivity index (χ1v) is 18.3. The average molecular weight is 749 g/mol. The van der Waals surface area contributed by atoms with E-state index in [-0.39, 0.29) is 21.8 Å². The molecule has 2 amide bonds. The second-order valence-corrected chi connectivity index (χ2v) is 13.7.